The van der Waals surface area contributed by atoms with Crippen LogP contribution < -0.4 is 0 Å². The molecule has 0 radical (unpaired) electrons. The van der Waals surface area contributed by atoms with E-state index in [4.69, 9.17) is 18.6 Å². The topological polar surface area (TPSA) is 95.2 Å². The molecule has 0 aromatic carbocycles. The van der Waals surface area contributed by atoms with E-state index in [9.17, 15) is 14.7 Å². The fraction of sp³-hybridized carbons (Fsp3) is 0.643. The van der Waals surface area contributed by atoms with Crippen LogP contribution in [-0.2, 0) is 23.8 Å². The van der Waals surface area contributed by atoms with Gasteiger partial charge < -0.3 is 23.7 Å². The molecule has 1 aromatic heterocycles. The molecule has 35 heavy (non-hydrogen) atoms. The number of methoxy groups -OCH3 is 2. The molecule has 0 amide bonds. The molecule has 7 nitrogen and oxygen atoms in total. The van der Waals surface area contributed by atoms with Crippen molar-refractivity contribution in [1.82, 2.24) is 0 Å². The number of ketones is 1. The standard InChI is InChI=1S/C28H36O7/c1-26(2)20(13-21(29)32-5)28(4)18-7-9-27(3)19(16(18)11-17(23(26)30)24(28)31)12-22(33-6)35-25(27)15-8-10-34-14-15/h8,10,12,14,17-18,20,23,25,30H,7,9,11,13H2,1-6H3/t17-,18?,20-,23-,25-,27+,28-/m0/s1. The third-order valence-corrected chi connectivity index (χ3v) is 9.85. The molecule has 1 aliphatic heterocycles. The minimum Gasteiger partial charge on any atom is -0.472 e. The minimum atomic E-state index is -0.852. The number of carbonyl (C=O) groups excluding carboxylic acids is 2. The third-order valence-electron chi connectivity index (χ3n) is 9.85. The van der Waals surface area contributed by atoms with Gasteiger partial charge in [-0.2, -0.15) is 0 Å². The number of aliphatic hydroxyl groups is 1. The monoisotopic (exact) mass is 484 g/mol. The zero-order chi connectivity index (χ0) is 25.3. The smallest absolute Gasteiger partial charge is 0.305 e. The number of Topliss-reactive ketones (excluding diaryl/α,β-unsaturated/α-hetero) is 1. The second-order valence-electron chi connectivity index (χ2n) is 11.7. The summed E-state index contributed by atoms with van der Waals surface area (Å²) in [6.07, 6.45) is 6.39. The van der Waals surface area contributed by atoms with Crippen molar-refractivity contribution in [3.8, 4) is 0 Å². The van der Waals surface area contributed by atoms with Gasteiger partial charge in [-0.25, -0.2) is 0 Å². The van der Waals surface area contributed by atoms with Gasteiger partial charge in [-0.05, 0) is 48.2 Å². The number of fused-ring (bicyclic) bond motifs is 5. The van der Waals surface area contributed by atoms with Crippen molar-refractivity contribution in [2.75, 3.05) is 14.2 Å². The van der Waals surface area contributed by atoms with Crippen LogP contribution in [0.2, 0.25) is 0 Å². The van der Waals surface area contributed by atoms with Crippen molar-refractivity contribution in [2.45, 2.75) is 65.6 Å². The molecule has 2 saturated carbocycles. The second kappa shape index (κ2) is 7.99. The van der Waals surface area contributed by atoms with Gasteiger partial charge in [0, 0.05) is 34.8 Å². The number of rotatable bonds is 4. The van der Waals surface area contributed by atoms with Gasteiger partial charge in [0.2, 0.25) is 0 Å². The van der Waals surface area contributed by atoms with Crippen molar-refractivity contribution in [3.05, 3.63) is 47.3 Å². The summed E-state index contributed by atoms with van der Waals surface area (Å²) in [6.45, 7) is 8.19. The van der Waals surface area contributed by atoms with Crippen molar-refractivity contribution < 1.29 is 33.3 Å². The maximum atomic E-state index is 14.0. The van der Waals surface area contributed by atoms with Gasteiger partial charge in [0.1, 0.15) is 11.9 Å². The molecule has 2 bridgehead atoms. The first-order valence-electron chi connectivity index (χ1n) is 12.5. The summed E-state index contributed by atoms with van der Waals surface area (Å²) >= 11 is 0. The van der Waals surface area contributed by atoms with E-state index in [1.165, 1.54) is 12.7 Å². The minimum absolute atomic E-state index is 0.0341. The number of esters is 1. The summed E-state index contributed by atoms with van der Waals surface area (Å²) in [5, 5.41) is 11.5. The Balaban J connectivity index is 1.70. The Kier molecular flexibility index (Phi) is 5.51. The fourth-order valence-corrected chi connectivity index (χ4v) is 7.91. The Morgan fingerprint density at radius 2 is 1.97 bits per heavy atom. The molecule has 7 heteroatoms. The Labute approximate surface area is 206 Å². The van der Waals surface area contributed by atoms with E-state index in [0.717, 1.165) is 24.0 Å². The quantitative estimate of drug-likeness (QED) is 0.618. The molecule has 0 saturated heterocycles. The summed E-state index contributed by atoms with van der Waals surface area (Å²) in [7, 11) is 2.96. The maximum absolute atomic E-state index is 14.0. The molecule has 1 N–H and O–H groups in total. The zero-order valence-corrected chi connectivity index (χ0v) is 21.4. The molecular formula is C28H36O7. The van der Waals surface area contributed by atoms with Crippen molar-refractivity contribution in [3.63, 3.8) is 0 Å². The van der Waals surface area contributed by atoms with Crippen molar-refractivity contribution in [2.24, 2.45) is 34.0 Å². The number of hydrogen-bond donors (Lipinski definition) is 1. The highest BCUT2D eigenvalue weighted by atomic mass is 16.7. The summed E-state index contributed by atoms with van der Waals surface area (Å²) in [4.78, 5) is 26.5. The lowest BCUT2D eigenvalue weighted by molar-refractivity contribution is -0.185. The third kappa shape index (κ3) is 3.19. The largest absolute Gasteiger partial charge is 0.472 e. The lowest BCUT2D eigenvalue weighted by atomic mass is 9.41. The number of carbonyl (C=O) groups is 2. The first-order valence-corrected chi connectivity index (χ1v) is 12.5. The normalized spacial score (nSPS) is 39.7. The van der Waals surface area contributed by atoms with Crippen LogP contribution in [0.4, 0.5) is 0 Å². The van der Waals surface area contributed by atoms with Gasteiger partial charge >= 0.3 is 5.97 Å². The van der Waals surface area contributed by atoms with E-state index >= 15 is 0 Å². The van der Waals surface area contributed by atoms with Crippen LogP contribution in [0.1, 0.15) is 65.0 Å². The van der Waals surface area contributed by atoms with Crippen LogP contribution in [0, 0.1) is 34.0 Å². The molecule has 4 aliphatic rings. The Morgan fingerprint density at radius 3 is 2.60 bits per heavy atom. The lowest BCUT2D eigenvalue weighted by Gasteiger charge is -2.63. The Hall–Kier alpha value is -2.54. The summed E-state index contributed by atoms with van der Waals surface area (Å²) < 4.78 is 22.3. The number of allylic oxidation sites excluding steroid dienone is 2. The highest BCUT2D eigenvalue weighted by molar-refractivity contribution is 5.92. The average Bonchev–Trinajstić information content (AvgIpc) is 3.36. The van der Waals surface area contributed by atoms with E-state index < -0.39 is 22.9 Å². The molecule has 2 fully saturated rings. The molecule has 190 valence electrons. The van der Waals surface area contributed by atoms with Crippen LogP contribution in [0.3, 0.4) is 0 Å². The number of ether oxygens (including phenoxy) is 3. The molecule has 7 atom stereocenters. The average molecular weight is 485 g/mol. The van der Waals surface area contributed by atoms with Gasteiger partial charge in [-0.15, -0.1) is 0 Å². The van der Waals surface area contributed by atoms with Crippen LogP contribution in [0.15, 0.2) is 46.2 Å². The van der Waals surface area contributed by atoms with E-state index in [1.807, 2.05) is 32.9 Å². The number of hydrogen-bond acceptors (Lipinski definition) is 7. The van der Waals surface area contributed by atoms with E-state index in [-0.39, 0.29) is 41.5 Å². The Bertz CT molecular complexity index is 1100. The predicted molar refractivity (Wildman–Crippen MR) is 127 cm³/mol. The molecule has 1 unspecified atom stereocenters. The van der Waals surface area contributed by atoms with E-state index in [2.05, 4.69) is 6.92 Å². The van der Waals surface area contributed by atoms with Crippen molar-refractivity contribution in [1.29, 1.82) is 0 Å². The number of furan rings is 1. The zero-order valence-electron chi connectivity index (χ0n) is 21.4. The summed E-state index contributed by atoms with van der Waals surface area (Å²) in [5.74, 6) is -0.743. The van der Waals surface area contributed by atoms with Crippen LogP contribution in [-0.4, -0.2) is 37.2 Å². The van der Waals surface area contributed by atoms with Gasteiger partial charge in [0.25, 0.3) is 5.95 Å². The van der Waals surface area contributed by atoms with Gasteiger partial charge in [-0.3, -0.25) is 9.59 Å². The highest BCUT2D eigenvalue weighted by Gasteiger charge is 2.67. The van der Waals surface area contributed by atoms with Crippen molar-refractivity contribution >= 4 is 11.8 Å². The molecule has 2 heterocycles. The summed E-state index contributed by atoms with van der Waals surface area (Å²) in [5.41, 5.74) is 1.50. The van der Waals surface area contributed by atoms with Crippen LogP contribution >= 0.6 is 0 Å². The molecule has 1 aromatic rings. The molecule has 5 rings (SSSR count). The first-order chi connectivity index (χ1) is 16.5. The fourth-order valence-electron chi connectivity index (χ4n) is 7.91. The van der Waals surface area contributed by atoms with Gasteiger partial charge in [-0.1, -0.05) is 33.3 Å². The van der Waals surface area contributed by atoms with E-state index in [1.54, 1.807) is 19.6 Å². The van der Waals surface area contributed by atoms with Gasteiger partial charge in [0.05, 0.1) is 32.8 Å². The maximum Gasteiger partial charge on any atom is 0.305 e. The van der Waals surface area contributed by atoms with Crippen LogP contribution in [0.25, 0.3) is 0 Å². The molecular weight excluding hydrogens is 448 g/mol. The molecule has 3 aliphatic carbocycles. The molecule has 0 spiro atoms. The summed E-state index contributed by atoms with van der Waals surface area (Å²) in [6, 6.07) is 1.92. The lowest BCUT2D eigenvalue weighted by Crippen LogP contribution is -2.66. The second-order valence-corrected chi connectivity index (χ2v) is 11.7. The number of aliphatic hydroxyl groups excluding tert-OH is 1. The van der Waals surface area contributed by atoms with E-state index in [0.29, 0.717) is 12.4 Å². The van der Waals surface area contributed by atoms with Gasteiger partial charge in [0.15, 0.2) is 0 Å². The highest BCUT2D eigenvalue weighted by Crippen LogP contribution is 2.67. The first kappa shape index (κ1) is 24.2. The van der Waals surface area contributed by atoms with Crippen LogP contribution in [0.5, 0.6) is 0 Å². The Morgan fingerprint density at radius 1 is 1.23 bits per heavy atom. The predicted octanol–water partition coefficient (Wildman–Crippen LogP) is 4.73. The SMILES string of the molecule is COC(=O)C[C@H]1C(C)(C)[C@@H](O)[C@@H]2CC3=C4C=C(OC)O[C@@H](c5ccoc5)[C@]4(C)CCC3[C@]1(C)C2=O.